The SMILES string of the molecule is CN(CCCS)Cc1ccc2[nH]c(=O)oc2c1. The number of fused-ring (bicyclic) bond motifs is 1. The highest BCUT2D eigenvalue weighted by Crippen LogP contribution is 2.13. The second-order valence-corrected chi connectivity index (χ2v) is 4.61. The maximum absolute atomic E-state index is 11.0. The van der Waals surface area contributed by atoms with E-state index in [-0.39, 0.29) is 0 Å². The number of rotatable bonds is 5. The van der Waals surface area contributed by atoms with E-state index in [0.717, 1.165) is 36.3 Å². The van der Waals surface area contributed by atoms with Crippen molar-refractivity contribution in [2.45, 2.75) is 13.0 Å². The lowest BCUT2D eigenvalue weighted by molar-refractivity contribution is 0.328. The zero-order valence-electron chi connectivity index (χ0n) is 9.77. The van der Waals surface area contributed by atoms with E-state index in [4.69, 9.17) is 4.42 Å². The Morgan fingerprint density at radius 2 is 2.29 bits per heavy atom. The summed E-state index contributed by atoms with van der Waals surface area (Å²) in [7, 11) is 2.07. The van der Waals surface area contributed by atoms with Gasteiger partial charge < -0.3 is 9.32 Å². The van der Waals surface area contributed by atoms with E-state index < -0.39 is 5.76 Å². The van der Waals surface area contributed by atoms with Crippen LogP contribution in [0.1, 0.15) is 12.0 Å². The highest BCUT2D eigenvalue weighted by molar-refractivity contribution is 7.80. The topological polar surface area (TPSA) is 49.2 Å². The number of benzene rings is 1. The van der Waals surface area contributed by atoms with E-state index in [0.29, 0.717) is 5.58 Å². The molecule has 0 aliphatic heterocycles. The van der Waals surface area contributed by atoms with Crippen LogP contribution in [0.4, 0.5) is 0 Å². The lowest BCUT2D eigenvalue weighted by Gasteiger charge is -2.15. The van der Waals surface area contributed by atoms with Gasteiger partial charge in [0.25, 0.3) is 0 Å². The molecule has 1 N–H and O–H groups in total. The van der Waals surface area contributed by atoms with Gasteiger partial charge in [-0.1, -0.05) is 6.07 Å². The van der Waals surface area contributed by atoms with Crippen molar-refractivity contribution >= 4 is 23.7 Å². The van der Waals surface area contributed by atoms with E-state index in [1.807, 2.05) is 18.2 Å². The summed E-state index contributed by atoms with van der Waals surface area (Å²) in [6.07, 6.45) is 1.07. The van der Waals surface area contributed by atoms with E-state index in [2.05, 4.69) is 29.6 Å². The molecule has 17 heavy (non-hydrogen) atoms. The van der Waals surface area contributed by atoms with Gasteiger partial charge in [-0.2, -0.15) is 12.6 Å². The largest absolute Gasteiger partial charge is 0.417 e. The number of hydrogen-bond donors (Lipinski definition) is 2. The van der Waals surface area contributed by atoms with Crippen molar-refractivity contribution < 1.29 is 4.42 Å². The Morgan fingerprint density at radius 3 is 3.06 bits per heavy atom. The summed E-state index contributed by atoms with van der Waals surface area (Å²) in [5, 5.41) is 0. The molecule has 4 nitrogen and oxygen atoms in total. The summed E-state index contributed by atoms with van der Waals surface area (Å²) in [4.78, 5) is 15.9. The van der Waals surface area contributed by atoms with E-state index in [9.17, 15) is 4.79 Å². The Bertz CT molecular complexity index is 547. The van der Waals surface area contributed by atoms with Crippen molar-refractivity contribution in [3.05, 3.63) is 34.3 Å². The lowest BCUT2D eigenvalue weighted by atomic mass is 10.2. The maximum atomic E-state index is 11.0. The van der Waals surface area contributed by atoms with Crippen molar-refractivity contribution in [1.29, 1.82) is 0 Å². The Hall–Kier alpha value is -1.20. The van der Waals surface area contributed by atoms with Crippen molar-refractivity contribution in [2.24, 2.45) is 0 Å². The van der Waals surface area contributed by atoms with Crippen LogP contribution in [0.5, 0.6) is 0 Å². The number of hydrogen-bond acceptors (Lipinski definition) is 4. The van der Waals surface area contributed by atoms with Gasteiger partial charge in [0.1, 0.15) is 0 Å². The molecule has 0 aliphatic rings. The summed E-state index contributed by atoms with van der Waals surface area (Å²) < 4.78 is 5.03. The standard InChI is InChI=1S/C12H16N2O2S/c1-14(5-2-6-17)8-9-3-4-10-11(7-9)16-12(15)13-10/h3-4,7,17H,2,5-6,8H2,1H3,(H,13,15). The molecule has 0 aliphatic carbocycles. The molecule has 92 valence electrons. The van der Waals surface area contributed by atoms with Crippen LogP contribution >= 0.6 is 12.6 Å². The fourth-order valence-electron chi connectivity index (χ4n) is 1.82. The number of nitrogens with zero attached hydrogens (tertiary/aromatic N) is 1. The molecular weight excluding hydrogens is 236 g/mol. The van der Waals surface area contributed by atoms with Crippen LogP contribution in [0, 0.1) is 0 Å². The normalized spacial score (nSPS) is 11.5. The van der Waals surface area contributed by atoms with Crippen LogP contribution in [0.25, 0.3) is 11.1 Å². The van der Waals surface area contributed by atoms with Gasteiger partial charge in [-0.05, 0) is 43.5 Å². The summed E-state index contributed by atoms with van der Waals surface area (Å²) in [6.45, 7) is 1.86. The molecule has 5 heteroatoms. The van der Waals surface area contributed by atoms with Crippen LogP contribution in [0.2, 0.25) is 0 Å². The Morgan fingerprint density at radius 1 is 1.47 bits per heavy atom. The van der Waals surface area contributed by atoms with Gasteiger partial charge in [0.2, 0.25) is 0 Å². The first kappa shape index (κ1) is 12.3. The monoisotopic (exact) mass is 252 g/mol. The molecule has 1 heterocycles. The van der Waals surface area contributed by atoms with E-state index in [1.165, 1.54) is 0 Å². The molecule has 0 bridgehead atoms. The molecule has 0 unspecified atom stereocenters. The smallest absolute Gasteiger partial charge is 0.408 e. The van der Waals surface area contributed by atoms with Gasteiger partial charge in [0.05, 0.1) is 5.52 Å². The molecule has 2 aromatic rings. The first-order valence-electron chi connectivity index (χ1n) is 5.60. The highest BCUT2D eigenvalue weighted by atomic mass is 32.1. The minimum Gasteiger partial charge on any atom is -0.408 e. The van der Waals surface area contributed by atoms with Gasteiger partial charge in [0.15, 0.2) is 5.58 Å². The average Bonchev–Trinajstić information content (AvgIpc) is 2.65. The van der Waals surface area contributed by atoms with Gasteiger partial charge in [-0.3, -0.25) is 4.98 Å². The van der Waals surface area contributed by atoms with Crippen molar-refractivity contribution in [2.75, 3.05) is 19.3 Å². The molecule has 0 fully saturated rings. The third-order valence-corrected chi connectivity index (χ3v) is 2.95. The van der Waals surface area contributed by atoms with Crippen LogP contribution in [0.3, 0.4) is 0 Å². The quantitative estimate of drug-likeness (QED) is 0.799. The summed E-state index contributed by atoms with van der Waals surface area (Å²) >= 11 is 4.19. The molecular formula is C12H16N2O2S. The van der Waals surface area contributed by atoms with E-state index in [1.54, 1.807) is 0 Å². The number of aromatic nitrogens is 1. The molecule has 1 aromatic heterocycles. The molecule has 0 spiro atoms. The number of thiol groups is 1. The van der Waals surface area contributed by atoms with Crippen LogP contribution in [0.15, 0.2) is 27.4 Å². The second-order valence-electron chi connectivity index (χ2n) is 4.16. The lowest BCUT2D eigenvalue weighted by Crippen LogP contribution is -2.19. The number of nitrogens with one attached hydrogen (secondary N) is 1. The predicted octanol–water partition coefficient (Wildman–Crippen LogP) is 1.87. The molecule has 0 amide bonds. The minimum absolute atomic E-state index is 0.402. The Balaban J connectivity index is 2.10. The zero-order valence-corrected chi connectivity index (χ0v) is 10.7. The molecule has 1 aromatic carbocycles. The van der Waals surface area contributed by atoms with Crippen LogP contribution in [-0.2, 0) is 6.54 Å². The summed E-state index contributed by atoms with van der Waals surface area (Å²) in [5.74, 6) is 0.497. The Labute approximate surface area is 105 Å². The number of aromatic amines is 1. The Kier molecular flexibility index (Phi) is 3.91. The van der Waals surface area contributed by atoms with Crippen molar-refractivity contribution in [3.63, 3.8) is 0 Å². The molecule has 2 rings (SSSR count). The average molecular weight is 252 g/mol. The van der Waals surface area contributed by atoms with Crippen molar-refractivity contribution in [1.82, 2.24) is 9.88 Å². The minimum atomic E-state index is -0.402. The first-order valence-corrected chi connectivity index (χ1v) is 6.23. The first-order chi connectivity index (χ1) is 8.19. The second kappa shape index (κ2) is 5.42. The van der Waals surface area contributed by atoms with Gasteiger partial charge >= 0.3 is 5.76 Å². The van der Waals surface area contributed by atoms with Gasteiger partial charge in [0, 0.05) is 6.54 Å². The number of oxazole rings is 1. The zero-order chi connectivity index (χ0) is 12.3. The van der Waals surface area contributed by atoms with Gasteiger partial charge in [-0.15, -0.1) is 0 Å². The fourth-order valence-corrected chi connectivity index (χ4v) is 1.96. The van der Waals surface area contributed by atoms with Gasteiger partial charge in [-0.25, -0.2) is 4.79 Å². The maximum Gasteiger partial charge on any atom is 0.417 e. The summed E-state index contributed by atoms with van der Waals surface area (Å²) in [5.41, 5.74) is 2.51. The molecule has 0 saturated heterocycles. The third kappa shape index (κ3) is 3.14. The molecule has 0 saturated carbocycles. The van der Waals surface area contributed by atoms with Crippen molar-refractivity contribution in [3.8, 4) is 0 Å². The predicted molar refractivity (Wildman–Crippen MR) is 71.6 cm³/mol. The molecule has 0 atom stereocenters. The third-order valence-electron chi connectivity index (χ3n) is 2.64. The molecule has 0 radical (unpaired) electrons. The summed E-state index contributed by atoms with van der Waals surface area (Å²) in [6, 6.07) is 5.79. The highest BCUT2D eigenvalue weighted by Gasteiger charge is 2.04. The van der Waals surface area contributed by atoms with E-state index >= 15 is 0 Å². The number of H-pyrrole nitrogens is 1. The fraction of sp³-hybridized carbons (Fsp3) is 0.417. The van der Waals surface area contributed by atoms with Crippen LogP contribution in [-0.4, -0.2) is 29.2 Å². The van der Waals surface area contributed by atoms with Crippen LogP contribution < -0.4 is 5.76 Å².